The van der Waals surface area contributed by atoms with Gasteiger partial charge in [-0.2, -0.15) is 0 Å². The Balaban J connectivity index is 1.25. The molecular weight excluding hydrogens is 382 g/mol. The summed E-state index contributed by atoms with van der Waals surface area (Å²) in [6.45, 7) is 1.37. The number of nitrogens with one attached hydrogen (secondary N) is 2. The molecule has 1 atom stereocenters. The molecule has 1 amide bonds. The van der Waals surface area contributed by atoms with Crippen LogP contribution in [0.3, 0.4) is 0 Å². The first-order valence-electron chi connectivity index (χ1n) is 10.4. The van der Waals surface area contributed by atoms with Gasteiger partial charge in [-0.25, -0.2) is 9.97 Å². The number of hydrogen-bond acceptors (Lipinski definition) is 8. The topological polar surface area (TPSA) is 131 Å². The van der Waals surface area contributed by atoms with Crippen LogP contribution in [0, 0.1) is 0 Å². The lowest BCUT2D eigenvalue weighted by Crippen LogP contribution is -2.30. The number of anilines is 1. The molecule has 1 unspecified atom stereocenters. The van der Waals surface area contributed by atoms with Crippen molar-refractivity contribution in [3.8, 4) is 0 Å². The van der Waals surface area contributed by atoms with Gasteiger partial charge >= 0.3 is 0 Å². The summed E-state index contributed by atoms with van der Waals surface area (Å²) in [5, 5.41) is 3.48. The Kier molecular flexibility index (Phi) is 6.29. The van der Waals surface area contributed by atoms with E-state index in [0.717, 1.165) is 30.5 Å². The van der Waals surface area contributed by atoms with Gasteiger partial charge in [0.25, 0.3) is 0 Å². The van der Waals surface area contributed by atoms with Crippen molar-refractivity contribution < 1.29 is 9.53 Å². The number of allylic oxidation sites excluding steroid dienone is 2. The highest BCUT2D eigenvalue weighted by molar-refractivity contribution is 5.78. The third-order valence-electron chi connectivity index (χ3n) is 5.81. The maximum Gasteiger partial charge on any atom is 0.249 e. The van der Waals surface area contributed by atoms with E-state index < -0.39 is 0 Å². The zero-order chi connectivity index (χ0) is 20.9. The molecule has 3 aliphatic rings. The van der Waals surface area contributed by atoms with Crippen LogP contribution in [-0.2, 0) is 22.6 Å². The molecular formula is C21H29N7O2. The second kappa shape index (κ2) is 9.27. The Bertz CT molecular complexity index is 893. The van der Waals surface area contributed by atoms with Gasteiger partial charge in [-0.3, -0.25) is 10.6 Å². The van der Waals surface area contributed by atoms with Gasteiger partial charge in [-0.15, -0.1) is 0 Å². The monoisotopic (exact) mass is 411 g/mol. The van der Waals surface area contributed by atoms with E-state index in [9.17, 15) is 4.79 Å². The number of fused-ring (bicyclic) bond motifs is 1. The minimum absolute atomic E-state index is 0.0156. The molecule has 2 heterocycles. The molecule has 6 N–H and O–H groups in total. The fourth-order valence-electron chi connectivity index (χ4n) is 4.16. The maximum atomic E-state index is 12.5. The van der Waals surface area contributed by atoms with Gasteiger partial charge in [0, 0.05) is 42.7 Å². The first kappa shape index (κ1) is 20.4. The van der Waals surface area contributed by atoms with E-state index in [2.05, 4.69) is 32.9 Å². The van der Waals surface area contributed by atoms with E-state index in [-0.39, 0.29) is 12.5 Å². The van der Waals surface area contributed by atoms with Crippen molar-refractivity contribution in [2.45, 2.75) is 51.2 Å². The van der Waals surface area contributed by atoms with Crippen molar-refractivity contribution in [3.05, 3.63) is 52.6 Å². The highest BCUT2D eigenvalue weighted by atomic mass is 16.5. The number of carbonyl (C=O) groups excluding carboxylic acids is 1. The minimum atomic E-state index is -0.0686. The highest BCUT2D eigenvalue weighted by Crippen LogP contribution is 2.34. The lowest BCUT2D eigenvalue weighted by Gasteiger charge is -2.15. The largest absolute Gasteiger partial charge is 0.403 e. The van der Waals surface area contributed by atoms with E-state index in [1.165, 1.54) is 18.2 Å². The van der Waals surface area contributed by atoms with Crippen LogP contribution in [0.5, 0.6) is 0 Å². The summed E-state index contributed by atoms with van der Waals surface area (Å²) in [5.41, 5.74) is 13.5. The number of hydrazine groups is 1. The molecule has 4 rings (SSSR count). The molecule has 0 saturated heterocycles. The minimum Gasteiger partial charge on any atom is -0.403 e. The number of carbonyl (C=O) groups is 1. The smallest absolute Gasteiger partial charge is 0.249 e. The second-order valence-corrected chi connectivity index (χ2v) is 7.87. The molecule has 2 aliphatic carbocycles. The maximum absolute atomic E-state index is 12.5. The summed E-state index contributed by atoms with van der Waals surface area (Å²) in [6.07, 6.45) is 12.6. The van der Waals surface area contributed by atoms with Crippen molar-refractivity contribution in [2.24, 2.45) is 11.6 Å². The molecule has 1 aliphatic heterocycles. The first-order valence-corrected chi connectivity index (χ1v) is 10.4. The van der Waals surface area contributed by atoms with E-state index in [1.807, 2.05) is 6.20 Å². The Hall–Kier alpha value is -2.91. The first-order chi connectivity index (χ1) is 14.7. The number of hydrogen-bond donors (Lipinski definition) is 4. The molecule has 0 radical (unpaired) electrons. The average Bonchev–Trinajstić information content (AvgIpc) is 3.37. The summed E-state index contributed by atoms with van der Waals surface area (Å²) >= 11 is 0. The fourth-order valence-corrected chi connectivity index (χ4v) is 4.16. The van der Waals surface area contributed by atoms with Crippen LogP contribution in [-0.4, -0.2) is 40.0 Å². The van der Waals surface area contributed by atoms with Crippen LogP contribution in [0.25, 0.3) is 0 Å². The lowest BCUT2D eigenvalue weighted by molar-refractivity contribution is -0.136. The summed E-state index contributed by atoms with van der Waals surface area (Å²) in [6, 6.07) is 0.346. The van der Waals surface area contributed by atoms with Crippen LogP contribution < -0.4 is 22.3 Å². The van der Waals surface area contributed by atoms with Gasteiger partial charge in [0.2, 0.25) is 11.9 Å². The lowest BCUT2D eigenvalue weighted by atomic mass is 10.0. The molecule has 1 aromatic heterocycles. The Morgan fingerprint density at radius 2 is 2.27 bits per heavy atom. The van der Waals surface area contributed by atoms with Crippen molar-refractivity contribution in [1.82, 2.24) is 20.3 Å². The van der Waals surface area contributed by atoms with E-state index in [0.29, 0.717) is 43.8 Å². The fraction of sp³-hybridized carbons (Fsp3) is 0.476. The Morgan fingerprint density at radius 1 is 1.37 bits per heavy atom. The van der Waals surface area contributed by atoms with Gasteiger partial charge in [-0.1, -0.05) is 17.7 Å². The summed E-state index contributed by atoms with van der Waals surface area (Å²) in [4.78, 5) is 23.3. The van der Waals surface area contributed by atoms with Gasteiger partial charge in [0.15, 0.2) is 0 Å². The number of rotatable bonds is 8. The molecule has 30 heavy (non-hydrogen) atoms. The van der Waals surface area contributed by atoms with Gasteiger partial charge in [0.05, 0.1) is 18.8 Å². The number of nitrogens with zero attached hydrogens (tertiary/aromatic N) is 3. The second-order valence-electron chi connectivity index (χ2n) is 7.87. The normalized spacial score (nSPS) is 20.4. The Labute approximate surface area is 176 Å². The van der Waals surface area contributed by atoms with Crippen molar-refractivity contribution >= 4 is 11.9 Å². The van der Waals surface area contributed by atoms with E-state index in [4.69, 9.17) is 16.3 Å². The SMILES string of the molecule is N/C=C(/CCOCC(=O)N1Cc2cnc(NC3CC4=C(CCC=C4)C3)nc2C1)NN. The zero-order valence-corrected chi connectivity index (χ0v) is 17.1. The summed E-state index contributed by atoms with van der Waals surface area (Å²) in [7, 11) is 0. The third-order valence-corrected chi connectivity index (χ3v) is 5.81. The molecule has 0 fully saturated rings. The molecule has 9 heteroatoms. The van der Waals surface area contributed by atoms with Gasteiger partial charge in [-0.05, 0) is 31.3 Å². The predicted octanol–water partition coefficient (Wildman–Crippen LogP) is 1.21. The molecule has 0 spiro atoms. The number of nitrogens with two attached hydrogens (primary N) is 2. The van der Waals surface area contributed by atoms with Crippen LogP contribution in [0.2, 0.25) is 0 Å². The van der Waals surface area contributed by atoms with Gasteiger partial charge < -0.3 is 26.1 Å². The van der Waals surface area contributed by atoms with E-state index in [1.54, 1.807) is 10.5 Å². The molecule has 0 bridgehead atoms. The third kappa shape index (κ3) is 4.63. The average molecular weight is 412 g/mol. The predicted molar refractivity (Wildman–Crippen MR) is 113 cm³/mol. The Morgan fingerprint density at radius 3 is 3.07 bits per heavy atom. The van der Waals surface area contributed by atoms with Crippen LogP contribution in [0.4, 0.5) is 5.95 Å². The number of amides is 1. The van der Waals surface area contributed by atoms with E-state index >= 15 is 0 Å². The zero-order valence-electron chi connectivity index (χ0n) is 17.1. The number of aromatic nitrogens is 2. The van der Waals surface area contributed by atoms with Crippen LogP contribution >= 0.6 is 0 Å². The standard InChI is InChI=1S/C21H29N7O2/c22-9-17(27-23)5-6-30-13-20(29)28-11-16-10-24-21(26-19(16)12-28)25-18-7-14-3-1-2-4-15(14)8-18/h1,3,9-10,18,27H,2,4-8,11-13,22-23H2,(H,24,25,26)/b17-9-. The van der Waals surface area contributed by atoms with Crippen LogP contribution in [0.1, 0.15) is 43.4 Å². The molecule has 0 saturated carbocycles. The molecule has 1 aromatic rings. The molecule has 0 aromatic carbocycles. The van der Waals surface area contributed by atoms with Crippen LogP contribution in [0.15, 0.2) is 41.4 Å². The van der Waals surface area contributed by atoms with Crippen molar-refractivity contribution in [2.75, 3.05) is 18.5 Å². The quantitative estimate of drug-likeness (QED) is 0.285. The molecule has 160 valence electrons. The van der Waals surface area contributed by atoms with Crippen molar-refractivity contribution in [1.29, 1.82) is 0 Å². The summed E-state index contributed by atoms with van der Waals surface area (Å²) < 4.78 is 5.46. The van der Waals surface area contributed by atoms with Crippen molar-refractivity contribution in [3.63, 3.8) is 0 Å². The number of ether oxygens (including phenoxy) is 1. The van der Waals surface area contributed by atoms with Gasteiger partial charge in [0.1, 0.15) is 6.61 Å². The summed E-state index contributed by atoms with van der Waals surface area (Å²) in [5.74, 6) is 5.89. The molecule has 9 nitrogen and oxygen atoms in total. The highest BCUT2D eigenvalue weighted by Gasteiger charge is 2.27.